The van der Waals surface area contributed by atoms with Crippen LogP contribution < -0.4 is 9.47 Å². The molecule has 2 aromatic carbocycles. The molecule has 0 aliphatic heterocycles. The zero-order chi connectivity index (χ0) is 19.9. The average Bonchev–Trinajstić information content (AvgIpc) is 3.05. The molecule has 0 bridgehead atoms. The second kappa shape index (κ2) is 9.63. The molecule has 4 heteroatoms. The van der Waals surface area contributed by atoms with Gasteiger partial charge in [0.25, 0.3) is 0 Å². The van der Waals surface area contributed by atoms with Gasteiger partial charge in [0.05, 0.1) is 26.2 Å². The van der Waals surface area contributed by atoms with Crippen molar-refractivity contribution in [3.8, 4) is 11.5 Å². The smallest absolute Gasteiger partial charge is 0.306 e. The number of aryl methyl sites for hydroxylation is 3. The monoisotopic (exact) mass is 382 g/mol. The van der Waals surface area contributed by atoms with E-state index in [-0.39, 0.29) is 11.9 Å². The number of fused-ring (bicyclic) bond motifs is 1. The van der Waals surface area contributed by atoms with Crippen LogP contribution in [0.4, 0.5) is 0 Å². The Labute approximate surface area is 167 Å². The molecule has 150 valence electrons. The van der Waals surface area contributed by atoms with Crippen LogP contribution in [0.5, 0.6) is 11.5 Å². The molecule has 0 radical (unpaired) electrons. The fraction of sp³-hybridized carbons (Fsp3) is 0.458. The van der Waals surface area contributed by atoms with Crippen LogP contribution in [0.1, 0.15) is 54.4 Å². The Morgan fingerprint density at radius 3 is 2.68 bits per heavy atom. The summed E-state index contributed by atoms with van der Waals surface area (Å²) in [6.45, 7) is 7.70. The van der Waals surface area contributed by atoms with E-state index >= 15 is 0 Å². The standard InChI is InChI=1S/C24H30O4/c1-4-26-24(25)16-20-8-7-19-15-21(9-10-22(19)20)27-12-5-13-28-23-11-6-17(2)14-18(23)3/h6,9-11,14-15,20H,4-5,7-8,12-13,16H2,1-3H3/t20-/m0/s1. The fourth-order valence-electron chi connectivity index (χ4n) is 3.80. The first-order valence-corrected chi connectivity index (χ1v) is 10.2. The molecule has 0 spiro atoms. The Morgan fingerprint density at radius 2 is 1.89 bits per heavy atom. The van der Waals surface area contributed by atoms with Crippen LogP contribution in [0.2, 0.25) is 0 Å². The molecular weight excluding hydrogens is 352 g/mol. The van der Waals surface area contributed by atoms with Gasteiger partial charge < -0.3 is 14.2 Å². The summed E-state index contributed by atoms with van der Waals surface area (Å²) in [6.07, 6.45) is 3.29. The highest BCUT2D eigenvalue weighted by atomic mass is 16.5. The lowest BCUT2D eigenvalue weighted by Gasteiger charge is -2.13. The van der Waals surface area contributed by atoms with Gasteiger partial charge in [0.1, 0.15) is 11.5 Å². The summed E-state index contributed by atoms with van der Waals surface area (Å²) < 4.78 is 16.8. The number of hydrogen-bond acceptors (Lipinski definition) is 4. The number of hydrogen-bond donors (Lipinski definition) is 0. The largest absolute Gasteiger partial charge is 0.493 e. The molecule has 3 rings (SSSR count). The molecule has 0 saturated heterocycles. The average molecular weight is 383 g/mol. The maximum atomic E-state index is 11.8. The van der Waals surface area contributed by atoms with Crippen molar-refractivity contribution >= 4 is 5.97 Å². The first-order chi connectivity index (χ1) is 13.6. The summed E-state index contributed by atoms with van der Waals surface area (Å²) in [5, 5.41) is 0. The number of benzene rings is 2. The van der Waals surface area contributed by atoms with E-state index in [0.29, 0.717) is 26.2 Å². The van der Waals surface area contributed by atoms with Crippen molar-refractivity contribution in [2.24, 2.45) is 0 Å². The molecule has 0 saturated carbocycles. The molecule has 28 heavy (non-hydrogen) atoms. The van der Waals surface area contributed by atoms with Crippen molar-refractivity contribution in [2.45, 2.75) is 52.4 Å². The Hall–Kier alpha value is -2.49. The third kappa shape index (κ3) is 5.28. The second-order valence-corrected chi connectivity index (χ2v) is 7.42. The van der Waals surface area contributed by atoms with Gasteiger partial charge in [0.2, 0.25) is 0 Å². The quantitative estimate of drug-likeness (QED) is 0.445. The minimum Gasteiger partial charge on any atom is -0.493 e. The number of ether oxygens (including phenoxy) is 3. The molecule has 1 atom stereocenters. The third-order valence-electron chi connectivity index (χ3n) is 5.18. The summed E-state index contributed by atoms with van der Waals surface area (Å²) in [7, 11) is 0. The van der Waals surface area contributed by atoms with Gasteiger partial charge in [-0.1, -0.05) is 23.8 Å². The maximum Gasteiger partial charge on any atom is 0.306 e. The molecule has 0 fully saturated rings. The zero-order valence-electron chi connectivity index (χ0n) is 17.1. The Bertz CT molecular complexity index is 812. The normalized spacial score (nSPS) is 15.2. The minimum absolute atomic E-state index is 0.107. The van der Waals surface area contributed by atoms with Gasteiger partial charge in [-0.25, -0.2) is 0 Å². The van der Waals surface area contributed by atoms with E-state index in [4.69, 9.17) is 14.2 Å². The van der Waals surface area contributed by atoms with Crippen LogP contribution in [-0.4, -0.2) is 25.8 Å². The van der Waals surface area contributed by atoms with Crippen LogP contribution >= 0.6 is 0 Å². The SMILES string of the molecule is CCOC(=O)C[C@@H]1CCc2cc(OCCCOc3ccc(C)cc3C)ccc21. The predicted molar refractivity (Wildman–Crippen MR) is 110 cm³/mol. The Morgan fingerprint density at radius 1 is 1.07 bits per heavy atom. The van der Waals surface area contributed by atoms with E-state index < -0.39 is 0 Å². The van der Waals surface area contributed by atoms with Gasteiger partial charge in [0, 0.05) is 6.42 Å². The van der Waals surface area contributed by atoms with Gasteiger partial charge in [-0.05, 0) is 74.4 Å². The van der Waals surface area contributed by atoms with Gasteiger partial charge in [-0.2, -0.15) is 0 Å². The molecule has 0 heterocycles. The van der Waals surface area contributed by atoms with Crippen LogP contribution in [0.15, 0.2) is 36.4 Å². The van der Waals surface area contributed by atoms with Crippen LogP contribution in [0.3, 0.4) is 0 Å². The van der Waals surface area contributed by atoms with Crippen LogP contribution in [0, 0.1) is 13.8 Å². The molecule has 0 N–H and O–H groups in total. The number of esters is 1. The molecule has 0 unspecified atom stereocenters. The number of carbonyl (C=O) groups is 1. The molecule has 4 nitrogen and oxygen atoms in total. The van der Waals surface area contributed by atoms with Gasteiger partial charge in [0.15, 0.2) is 0 Å². The lowest BCUT2D eigenvalue weighted by atomic mass is 9.98. The van der Waals surface area contributed by atoms with Gasteiger partial charge >= 0.3 is 5.97 Å². The van der Waals surface area contributed by atoms with Crippen molar-refractivity contribution in [2.75, 3.05) is 19.8 Å². The van der Waals surface area contributed by atoms with Crippen LogP contribution in [0.25, 0.3) is 0 Å². The van der Waals surface area contributed by atoms with E-state index in [1.54, 1.807) is 0 Å². The van der Waals surface area contributed by atoms with Gasteiger partial charge in [-0.15, -0.1) is 0 Å². The van der Waals surface area contributed by atoms with Crippen molar-refractivity contribution in [3.63, 3.8) is 0 Å². The van der Waals surface area contributed by atoms with Crippen molar-refractivity contribution < 1.29 is 19.0 Å². The van der Waals surface area contributed by atoms with E-state index in [2.05, 4.69) is 38.1 Å². The van der Waals surface area contributed by atoms with E-state index in [1.807, 2.05) is 19.1 Å². The predicted octanol–water partition coefficient (Wildman–Crippen LogP) is 5.13. The lowest BCUT2D eigenvalue weighted by molar-refractivity contribution is -0.143. The van der Waals surface area contributed by atoms with Crippen LogP contribution in [-0.2, 0) is 16.0 Å². The molecular formula is C24H30O4. The van der Waals surface area contributed by atoms with Crippen molar-refractivity contribution in [1.29, 1.82) is 0 Å². The summed E-state index contributed by atoms with van der Waals surface area (Å²) in [6, 6.07) is 12.5. The van der Waals surface area contributed by atoms with Gasteiger partial charge in [-0.3, -0.25) is 4.79 Å². The summed E-state index contributed by atoms with van der Waals surface area (Å²) in [5.41, 5.74) is 4.96. The minimum atomic E-state index is -0.107. The third-order valence-corrected chi connectivity index (χ3v) is 5.18. The summed E-state index contributed by atoms with van der Waals surface area (Å²) in [5.74, 6) is 2.00. The Balaban J connectivity index is 1.44. The Kier molecular flexibility index (Phi) is 6.96. The first kappa shape index (κ1) is 20.2. The molecule has 0 amide bonds. The number of carbonyl (C=O) groups excluding carboxylic acids is 1. The maximum absolute atomic E-state index is 11.8. The second-order valence-electron chi connectivity index (χ2n) is 7.42. The highest BCUT2D eigenvalue weighted by Crippen LogP contribution is 2.37. The fourth-order valence-corrected chi connectivity index (χ4v) is 3.80. The zero-order valence-corrected chi connectivity index (χ0v) is 17.1. The topological polar surface area (TPSA) is 44.8 Å². The molecule has 2 aromatic rings. The summed E-state index contributed by atoms with van der Waals surface area (Å²) in [4.78, 5) is 11.8. The summed E-state index contributed by atoms with van der Waals surface area (Å²) >= 11 is 0. The van der Waals surface area contributed by atoms with E-state index in [0.717, 1.165) is 36.3 Å². The highest BCUT2D eigenvalue weighted by Gasteiger charge is 2.25. The first-order valence-electron chi connectivity index (χ1n) is 10.2. The molecule has 1 aliphatic carbocycles. The van der Waals surface area contributed by atoms with E-state index in [9.17, 15) is 4.79 Å². The number of rotatable bonds is 9. The van der Waals surface area contributed by atoms with Crippen molar-refractivity contribution in [1.82, 2.24) is 0 Å². The highest BCUT2D eigenvalue weighted by molar-refractivity contribution is 5.71. The lowest BCUT2D eigenvalue weighted by Crippen LogP contribution is -2.08. The van der Waals surface area contributed by atoms with E-state index in [1.165, 1.54) is 16.7 Å². The van der Waals surface area contributed by atoms with Crippen molar-refractivity contribution in [3.05, 3.63) is 58.7 Å². The molecule has 1 aliphatic rings. The molecule has 0 aromatic heterocycles.